The summed E-state index contributed by atoms with van der Waals surface area (Å²) in [5.41, 5.74) is 0.640. The molecule has 1 aromatic carbocycles. The SMILES string of the molecule is COC(=O)c1ccccc1NC(=O)CSc1nnc(CNC(=O)c2ccco2)n1C. The van der Waals surface area contributed by atoms with Gasteiger partial charge in [0.1, 0.15) is 0 Å². The summed E-state index contributed by atoms with van der Waals surface area (Å²) >= 11 is 1.18. The molecule has 3 rings (SSSR count). The van der Waals surface area contributed by atoms with Gasteiger partial charge in [0, 0.05) is 7.05 Å². The lowest BCUT2D eigenvalue weighted by Gasteiger charge is -2.09. The number of benzene rings is 1. The van der Waals surface area contributed by atoms with Gasteiger partial charge in [-0.15, -0.1) is 10.2 Å². The minimum Gasteiger partial charge on any atom is -0.465 e. The lowest BCUT2D eigenvalue weighted by Crippen LogP contribution is -2.24. The van der Waals surface area contributed by atoms with E-state index in [-0.39, 0.29) is 35.4 Å². The second-order valence-corrected chi connectivity index (χ2v) is 6.93. The third kappa shape index (κ3) is 5.06. The molecule has 0 unspecified atom stereocenters. The van der Waals surface area contributed by atoms with Crippen molar-refractivity contribution in [2.75, 3.05) is 18.2 Å². The molecule has 2 amide bonds. The molecule has 0 saturated carbocycles. The Hall–Kier alpha value is -3.60. The van der Waals surface area contributed by atoms with Crippen molar-refractivity contribution < 1.29 is 23.5 Å². The van der Waals surface area contributed by atoms with Crippen LogP contribution in [0.5, 0.6) is 0 Å². The number of hydrogen-bond acceptors (Lipinski definition) is 8. The number of hydrogen-bond donors (Lipinski definition) is 2. The lowest BCUT2D eigenvalue weighted by atomic mass is 10.2. The van der Waals surface area contributed by atoms with Crippen molar-refractivity contribution in [3.05, 3.63) is 59.8 Å². The van der Waals surface area contributed by atoms with Gasteiger partial charge >= 0.3 is 5.97 Å². The van der Waals surface area contributed by atoms with Gasteiger partial charge in [0.05, 0.1) is 36.9 Å². The molecule has 2 aromatic heterocycles. The molecule has 0 aliphatic rings. The smallest absolute Gasteiger partial charge is 0.339 e. The number of nitrogens with one attached hydrogen (secondary N) is 2. The van der Waals surface area contributed by atoms with Gasteiger partial charge in [-0.1, -0.05) is 23.9 Å². The highest BCUT2D eigenvalue weighted by Crippen LogP contribution is 2.19. The van der Waals surface area contributed by atoms with Gasteiger partial charge in [-0.2, -0.15) is 0 Å². The van der Waals surface area contributed by atoms with Crippen molar-refractivity contribution in [3.63, 3.8) is 0 Å². The zero-order chi connectivity index (χ0) is 21.5. The van der Waals surface area contributed by atoms with E-state index in [2.05, 4.69) is 20.8 Å². The fourth-order valence-corrected chi connectivity index (χ4v) is 3.21. The predicted octanol–water partition coefficient (Wildman–Crippen LogP) is 1.86. The summed E-state index contributed by atoms with van der Waals surface area (Å²) in [5, 5.41) is 14.0. The summed E-state index contributed by atoms with van der Waals surface area (Å²) in [5.74, 6) is -0.425. The zero-order valence-corrected chi connectivity index (χ0v) is 17.1. The Bertz CT molecular complexity index is 1050. The van der Waals surface area contributed by atoms with Crippen molar-refractivity contribution >= 4 is 35.2 Å². The lowest BCUT2D eigenvalue weighted by molar-refractivity contribution is -0.113. The Morgan fingerprint density at radius 3 is 2.70 bits per heavy atom. The average Bonchev–Trinajstić information content (AvgIpc) is 3.41. The summed E-state index contributed by atoms with van der Waals surface area (Å²) in [4.78, 5) is 36.0. The number of anilines is 1. The van der Waals surface area contributed by atoms with Crippen LogP contribution in [0.1, 0.15) is 26.7 Å². The number of methoxy groups -OCH3 is 1. The van der Waals surface area contributed by atoms with Crippen LogP contribution in [0.3, 0.4) is 0 Å². The molecule has 0 bridgehead atoms. The van der Waals surface area contributed by atoms with E-state index >= 15 is 0 Å². The number of thioether (sulfide) groups is 1. The van der Waals surface area contributed by atoms with E-state index in [1.165, 1.54) is 25.1 Å². The number of rotatable bonds is 8. The van der Waals surface area contributed by atoms with Gasteiger partial charge in [0.15, 0.2) is 16.7 Å². The number of furan rings is 1. The van der Waals surface area contributed by atoms with Crippen LogP contribution in [0.15, 0.2) is 52.2 Å². The highest BCUT2D eigenvalue weighted by atomic mass is 32.2. The second-order valence-electron chi connectivity index (χ2n) is 5.99. The van der Waals surface area contributed by atoms with Crippen LogP contribution in [0.25, 0.3) is 0 Å². The quantitative estimate of drug-likeness (QED) is 0.410. The van der Waals surface area contributed by atoms with E-state index in [4.69, 9.17) is 9.15 Å². The third-order valence-corrected chi connectivity index (χ3v) is 5.04. The summed E-state index contributed by atoms with van der Waals surface area (Å²) in [6.07, 6.45) is 1.42. The number of ether oxygens (including phenoxy) is 1. The van der Waals surface area contributed by atoms with Gasteiger partial charge in [-0.05, 0) is 24.3 Å². The maximum Gasteiger partial charge on any atom is 0.339 e. The van der Waals surface area contributed by atoms with E-state index in [1.54, 1.807) is 48.0 Å². The van der Waals surface area contributed by atoms with Crippen LogP contribution in [-0.4, -0.2) is 45.4 Å². The number of carbonyl (C=O) groups is 3. The first-order chi connectivity index (χ1) is 14.5. The van der Waals surface area contributed by atoms with Crippen molar-refractivity contribution in [2.45, 2.75) is 11.7 Å². The van der Waals surface area contributed by atoms with Gasteiger partial charge in [-0.25, -0.2) is 4.79 Å². The summed E-state index contributed by atoms with van der Waals surface area (Å²) in [6.45, 7) is 0.155. The number of para-hydroxylation sites is 1. The minimum absolute atomic E-state index is 0.0558. The van der Waals surface area contributed by atoms with Crippen molar-refractivity contribution in [1.29, 1.82) is 0 Å². The molecular weight excluding hydrogens is 410 g/mol. The Balaban J connectivity index is 1.55. The first-order valence-corrected chi connectivity index (χ1v) is 9.78. The highest BCUT2D eigenvalue weighted by Gasteiger charge is 2.16. The van der Waals surface area contributed by atoms with Crippen LogP contribution >= 0.6 is 11.8 Å². The first kappa shape index (κ1) is 21.1. The Kier molecular flexibility index (Phi) is 6.86. The molecular formula is C19H19N5O5S. The van der Waals surface area contributed by atoms with Crippen molar-refractivity contribution in [1.82, 2.24) is 20.1 Å². The van der Waals surface area contributed by atoms with Crippen LogP contribution in [-0.2, 0) is 23.1 Å². The molecule has 0 atom stereocenters. The molecule has 0 aliphatic heterocycles. The third-order valence-electron chi connectivity index (χ3n) is 4.02. The molecule has 0 fully saturated rings. The molecule has 3 aromatic rings. The maximum absolute atomic E-state index is 12.3. The van der Waals surface area contributed by atoms with E-state index in [9.17, 15) is 14.4 Å². The topological polar surface area (TPSA) is 128 Å². The highest BCUT2D eigenvalue weighted by molar-refractivity contribution is 7.99. The van der Waals surface area contributed by atoms with Crippen molar-refractivity contribution in [3.8, 4) is 0 Å². The first-order valence-electron chi connectivity index (χ1n) is 8.79. The molecule has 156 valence electrons. The van der Waals surface area contributed by atoms with Gasteiger partial charge in [-0.3, -0.25) is 9.59 Å². The average molecular weight is 429 g/mol. The van der Waals surface area contributed by atoms with Gasteiger partial charge in [0.2, 0.25) is 5.91 Å². The van der Waals surface area contributed by atoms with Crippen LogP contribution in [0.4, 0.5) is 5.69 Å². The number of esters is 1. The number of nitrogens with zero attached hydrogens (tertiary/aromatic N) is 3. The Morgan fingerprint density at radius 1 is 1.17 bits per heavy atom. The fourth-order valence-electron chi connectivity index (χ4n) is 2.48. The monoisotopic (exact) mass is 429 g/mol. The molecule has 0 aliphatic carbocycles. The van der Waals surface area contributed by atoms with Crippen LogP contribution in [0.2, 0.25) is 0 Å². The number of amides is 2. The van der Waals surface area contributed by atoms with E-state index in [0.717, 1.165) is 0 Å². The number of aromatic nitrogens is 3. The van der Waals surface area contributed by atoms with E-state index in [1.807, 2.05) is 0 Å². The van der Waals surface area contributed by atoms with E-state index in [0.29, 0.717) is 16.7 Å². The molecule has 0 radical (unpaired) electrons. The molecule has 2 N–H and O–H groups in total. The standard InChI is InChI=1S/C19H19N5O5S/c1-24-15(10-20-17(26)14-8-5-9-29-14)22-23-19(24)30-11-16(25)21-13-7-4-3-6-12(13)18(27)28-2/h3-9H,10-11H2,1-2H3,(H,20,26)(H,21,25). The van der Waals surface area contributed by atoms with Gasteiger partial charge in [0.25, 0.3) is 5.91 Å². The van der Waals surface area contributed by atoms with E-state index < -0.39 is 5.97 Å². The van der Waals surface area contributed by atoms with Crippen LogP contribution in [0, 0.1) is 0 Å². The summed E-state index contributed by atoms with van der Waals surface area (Å²) < 4.78 is 11.4. The van der Waals surface area contributed by atoms with Gasteiger partial charge < -0.3 is 24.4 Å². The molecule has 30 heavy (non-hydrogen) atoms. The zero-order valence-electron chi connectivity index (χ0n) is 16.2. The molecule has 11 heteroatoms. The molecule has 2 heterocycles. The van der Waals surface area contributed by atoms with Crippen molar-refractivity contribution in [2.24, 2.45) is 7.05 Å². The van der Waals surface area contributed by atoms with Crippen LogP contribution < -0.4 is 10.6 Å². The normalized spacial score (nSPS) is 10.5. The second kappa shape index (κ2) is 9.74. The molecule has 10 nitrogen and oxygen atoms in total. The molecule has 0 saturated heterocycles. The molecule has 0 spiro atoms. The fraction of sp³-hybridized carbons (Fsp3) is 0.211. The summed E-state index contributed by atoms with van der Waals surface area (Å²) in [7, 11) is 3.01. The maximum atomic E-state index is 12.3. The predicted molar refractivity (Wildman–Crippen MR) is 108 cm³/mol. The number of carbonyl (C=O) groups excluding carboxylic acids is 3. The summed E-state index contributed by atoms with van der Waals surface area (Å²) in [6, 6.07) is 9.77. The largest absolute Gasteiger partial charge is 0.465 e. The minimum atomic E-state index is -0.534. The Morgan fingerprint density at radius 2 is 1.97 bits per heavy atom. The Labute approximate surface area is 176 Å².